The number of nitrogens with two attached hydrogens (primary N) is 1. The molecule has 0 atom stereocenters. The van der Waals surface area contributed by atoms with Crippen molar-refractivity contribution in [2.75, 3.05) is 37.8 Å². The highest BCUT2D eigenvalue weighted by Crippen LogP contribution is 2.25. The lowest BCUT2D eigenvalue weighted by molar-refractivity contribution is 0.273. The summed E-state index contributed by atoms with van der Waals surface area (Å²) in [4.78, 5) is 2.35. The Labute approximate surface area is 123 Å². The molecule has 0 heterocycles. The van der Waals surface area contributed by atoms with E-state index in [1.54, 1.807) is 0 Å². The number of rotatable bonds is 9. The lowest BCUT2D eigenvalue weighted by atomic mass is 10.2. The Kier molecular flexibility index (Phi) is 7.23. The van der Waals surface area contributed by atoms with Gasteiger partial charge >= 0.3 is 0 Å². The summed E-state index contributed by atoms with van der Waals surface area (Å²) < 4.78 is 5.63. The van der Waals surface area contributed by atoms with Crippen molar-refractivity contribution in [1.29, 1.82) is 0 Å². The maximum Gasteiger partial charge on any atom is 0.144 e. The van der Waals surface area contributed by atoms with Crippen LogP contribution in [0.15, 0.2) is 18.2 Å². The fraction of sp³-hybridized carbons (Fsp3) is 0.625. The van der Waals surface area contributed by atoms with Crippen molar-refractivity contribution in [2.45, 2.75) is 39.7 Å². The van der Waals surface area contributed by atoms with Crippen molar-refractivity contribution in [3.63, 3.8) is 0 Å². The van der Waals surface area contributed by atoms with Crippen molar-refractivity contribution >= 4 is 11.4 Å². The molecule has 0 bridgehead atoms. The van der Waals surface area contributed by atoms with Crippen LogP contribution in [0.3, 0.4) is 0 Å². The van der Waals surface area contributed by atoms with Crippen LogP contribution in [0.5, 0.6) is 5.75 Å². The Morgan fingerprint density at radius 3 is 2.75 bits per heavy atom. The van der Waals surface area contributed by atoms with Crippen molar-refractivity contribution in [1.82, 2.24) is 4.90 Å². The van der Waals surface area contributed by atoms with Crippen LogP contribution in [0.2, 0.25) is 0 Å². The summed E-state index contributed by atoms with van der Waals surface area (Å²) >= 11 is 0. The molecular weight excluding hydrogens is 250 g/mol. The maximum atomic E-state index is 5.90. The number of anilines is 2. The maximum absolute atomic E-state index is 5.90. The van der Waals surface area contributed by atoms with Gasteiger partial charge in [0.15, 0.2) is 0 Å². The average Bonchev–Trinajstić information content (AvgIpc) is 2.43. The molecule has 0 fully saturated rings. The summed E-state index contributed by atoms with van der Waals surface area (Å²) in [6.07, 6.45) is 2.10. The highest BCUT2D eigenvalue weighted by atomic mass is 16.5. The average molecular weight is 279 g/mol. The van der Waals surface area contributed by atoms with Gasteiger partial charge in [-0.25, -0.2) is 0 Å². The van der Waals surface area contributed by atoms with Crippen LogP contribution in [-0.4, -0.2) is 37.7 Å². The zero-order valence-electron chi connectivity index (χ0n) is 13.3. The molecule has 0 saturated carbocycles. The first-order valence-corrected chi connectivity index (χ1v) is 7.51. The van der Waals surface area contributed by atoms with Crippen LogP contribution in [0, 0.1) is 0 Å². The number of nitrogens with zero attached hydrogens (tertiary/aromatic N) is 1. The number of nitrogens with one attached hydrogen (secondary N) is 1. The molecule has 4 heteroatoms. The lowest BCUT2D eigenvalue weighted by Gasteiger charge is -2.21. The predicted octanol–water partition coefficient (Wildman–Crippen LogP) is 3.20. The summed E-state index contributed by atoms with van der Waals surface area (Å²) in [6.45, 7) is 9.26. The lowest BCUT2D eigenvalue weighted by Crippen LogP contribution is -2.28. The molecule has 0 radical (unpaired) electrons. The molecule has 0 aliphatic heterocycles. The van der Waals surface area contributed by atoms with Gasteiger partial charge in [-0.15, -0.1) is 0 Å². The van der Waals surface area contributed by atoms with E-state index >= 15 is 0 Å². The third-order valence-electron chi connectivity index (χ3n) is 3.37. The van der Waals surface area contributed by atoms with Crippen molar-refractivity contribution < 1.29 is 4.74 Å². The molecule has 1 rings (SSSR count). The van der Waals surface area contributed by atoms with Crippen LogP contribution in [0.1, 0.15) is 33.6 Å². The van der Waals surface area contributed by atoms with Crippen LogP contribution in [0.25, 0.3) is 0 Å². The van der Waals surface area contributed by atoms with Crippen LogP contribution in [0.4, 0.5) is 11.4 Å². The minimum absolute atomic E-state index is 0.598. The Balaban J connectivity index is 2.40. The molecule has 1 aromatic rings. The molecule has 0 unspecified atom stereocenters. The van der Waals surface area contributed by atoms with Crippen molar-refractivity contribution in [2.24, 2.45) is 0 Å². The third-order valence-corrected chi connectivity index (χ3v) is 3.37. The minimum Gasteiger partial charge on any atom is -0.491 e. The zero-order chi connectivity index (χ0) is 15.0. The summed E-state index contributed by atoms with van der Waals surface area (Å²) in [5.41, 5.74) is 7.66. The molecule has 0 aliphatic carbocycles. The standard InChI is InChI=1S/C16H29N3O/c1-5-11-20-16-12-14(7-8-15(16)17)18-9-6-10-19(4)13(2)3/h7-8,12-13,18H,5-6,9-11,17H2,1-4H3. The monoisotopic (exact) mass is 279 g/mol. The predicted molar refractivity (Wildman–Crippen MR) is 87.5 cm³/mol. The van der Waals surface area contributed by atoms with E-state index in [0.29, 0.717) is 18.3 Å². The van der Waals surface area contributed by atoms with Crippen molar-refractivity contribution in [3.05, 3.63) is 18.2 Å². The van der Waals surface area contributed by atoms with Gasteiger partial charge in [-0.2, -0.15) is 0 Å². The van der Waals surface area contributed by atoms with Gasteiger partial charge in [-0.05, 0) is 52.4 Å². The number of benzene rings is 1. The fourth-order valence-corrected chi connectivity index (χ4v) is 1.80. The summed E-state index contributed by atoms with van der Waals surface area (Å²) in [7, 11) is 2.16. The second kappa shape index (κ2) is 8.69. The first-order chi connectivity index (χ1) is 9.54. The van der Waals surface area contributed by atoms with Gasteiger partial charge in [0, 0.05) is 24.3 Å². The second-order valence-corrected chi connectivity index (χ2v) is 5.46. The van der Waals surface area contributed by atoms with E-state index < -0.39 is 0 Å². The molecule has 0 amide bonds. The number of nitrogen functional groups attached to an aromatic ring is 1. The second-order valence-electron chi connectivity index (χ2n) is 5.46. The van der Waals surface area contributed by atoms with Gasteiger partial charge in [-0.3, -0.25) is 0 Å². The number of ether oxygens (including phenoxy) is 1. The van der Waals surface area contributed by atoms with Gasteiger partial charge < -0.3 is 20.7 Å². The molecule has 0 aromatic heterocycles. The van der Waals surface area contributed by atoms with E-state index in [9.17, 15) is 0 Å². The Bertz CT molecular complexity index is 393. The highest BCUT2D eigenvalue weighted by molar-refractivity contribution is 5.61. The molecule has 0 spiro atoms. The molecule has 3 N–H and O–H groups in total. The number of hydrogen-bond acceptors (Lipinski definition) is 4. The SMILES string of the molecule is CCCOc1cc(NCCCN(C)C(C)C)ccc1N. The summed E-state index contributed by atoms with van der Waals surface area (Å²) in [5.74, 6) is 0.774. The molecule has 0 saturated heterocycles. The van der Waals surface area contributed by atoms with E-state index in [1.807, 2.05) is 18.2 Å². The van der Waals surface area contributed by atoms with E-state index in [-0.39, 0.29) is 0 Å². The van der Waals surface area contributed by atoms with Gasteiger partial charge in [0.2, 0.25) is 0 Å². The van der Waals surface area contributed by atoms with E-state index in [4.69, 9.17) is 10.5 Å². The normalized spacial score (nSPS) is 11.1. The quantitative estimate of drug-likeness (QED) is 0.538. The Morgan fingerprint density at radius 2 is 2.10 bits per heavy atom. The fourth-order valence-electron chi connectivity index (χ4n) is 1.80. The zero-order valence-corrected chi connectivity index (χ0v) is 13.3. The summed E-state index contributed by atoms with van der Waals surface area (Å²) in [5, 5.41) is 3.42. The van der Waals surface area contributed by atoms with Crippen LogP contribution < -0.4 is 15.8 Å². The Hall–Kier alpha value is -1.42. The molecule has 114 valence electrons. The van der Waals surface area contributed by atoms with E-state index in [1.165, 1.54) is 0 Å². The van der Waals surface area contributed by atoms with Crippen LogP contribution in [-0.2, 0) is 0 Å². The number of hydrogen-bond donors (Lipinski definition) is 2. The molecule has 0 aliphatic rings. The van der Waals surface area contributed by atoms with Gasteiger partial charge in [0.05, 0.1) is 12.3 Å². The largest absolute Gasteiger partial charge is 0.491 e. The van der Waals surface area contributed by atoms with Gasteiger partial charge in [-0.1, -0.05) is 6.92 Å². The van der Waals surface area contributed by atoms with E-state index in [2.05, 4.69) is 38.0 Å². The topological polar surface area (TPSA) is 50.5 Å². The van der Waals surface area contributed by atoms with E-state index in [0.717, 1.165) is 37.4 Å². The first-order valence-electron chi connectivity index (χ1n) is 7.51. The Morgan fingerprint density at radius 1 is 1.35 bits per heavy atom. The van der Waals surface area contributed by atoms with Crippen LogP contribution >= 0.6 is 0 Å². The molecule has 4 nitrogen and oxygen atoms in total. The first kappa shape index (κ1) is 16.6. The molecule has 1 aromatic carbocycles. The van der Waals surface area contributed by atoms with Gasteiger partial charge in [0.25, 0.3) is 0 Å². The van der Waals surface area contributed by atoms with Crippen molar-refractivity contribution in [3.8, 4) is 5.75 Å². The van der Waals surface area contributed by atoms with Gasteiger partial charge in [0.1, 0.15) is 5.75 Å². The summed E-state index contributed by atoms with van der Waals surface area (Å²) in [6, 6.07) is 6.48. The smallest absolute Gasteiger partial charge is 0.144 e. The minimum atomic E-state index is 0.598. The third kappa shape index (κ3) is 5.70. The molecular formula is C16H29N3O. The molecule has 20 heavy (non-hydrogen) atoms. The highest BCUT2D eigenvalue weighted by Gasteiger charge is 2.04.